The first-order valence-corrected chi connectivity index (χ1v) is 13.5. The maximum atomic E-state index is 13.2. The number of carbonyl (C=O) groups excluding carboxylic acids is 2. The molecule has 1 aliphatic carbocycles. The van der Waals surface area contributed by atoms with Crippen LogP contribution in [-0.4, -0.2) is 59.0 Å². The third-order valence-corrected chi connectivity index (χ3v) is 7.92. The molecule has 0 saturated carbocycles. The van der Waals surface area contributed by atoms with Gasteiger partial charge in [-0.3, -0.25) is 14.5 Å². The summed E-state index contributed by atoms with van der Waals surface area (Å²) in [5, 5.41) is 12.8. The Balaban J connectivity index is 1.48. The summed E-state index contributed by atoms with van der Waals surface area (Å²) in [6.45, 7) is 5.82. The van der Waals surface area contributed by atoms with E-state index in [1.165, 1.54) is 22.2 Å². The number of hydrogen-bond donors (Lipinski definition) is 2. The molecule has 2 heterocycles. The molecule has 0 saturated heterocycles. The number of ether oxygens (including phenoxy) is 1. The van der Waals surface area contributed by atoms with Crippen LogP contribution >= 0.6 is 11.6 Å². The number of aliphatic hydroxyl groups is 1. The number of benzene rings is 2. The van der Waals surface area contributed by atoms with Gasteiger partial charge in [-0.1, -0.05) is 48.5 Å². The van der Waals surface area contributed by atoms with Gasteiger partial charge in [-0.15, -0.1) is 0 Å². The van der Waals surface area contributed by atoms with E-state index in [0.29, 0.717) is 22.4 Å². The average molecular weight is 559 g/mol. The fourth-order valence-corrected chi connectivity index (χ4v) is 5.60. The van der Waals surface area contributed by atoms with E-state index in [1.54, 1.807) is 25.1 Å². The molecule has 2 aromatic carbocycles. The Kier molecular flexibility index (Phi) is 7.65. The van der Waals surface area contributed by atoms with E-state index in [9.17, 15) is 14.7 Å². The highest BCUT2D eigenvalue weighted by Crippen LogP contribution is 2.41. The lowest BCUT2D eigenvalue weighted by Crippen LogP contribution is -2.43. The van der Waals surface area contributed by atoms with Gasteiger partial charge in [0.15, 0.2) is 0 Å². The zero-order chi connectivity index (χ0) is 28.6. The van der Waals surface area contributed by atoms with Gasteiger partial charge in [0.1, 0.15) is 11.4 Å². The number of amides is 2. The second kappa shape index (κ2) is 11.2. The zero-order valence-electron chi connectivity index (χ0n) is 22.8. The largest absolute Gasteiger partial charge is 0.481 e. The van der Waals surface area contributed by atoms with E-state index in [0.717, 1.165) is 47.2 Å². The number of nitrogens with zero attached hydrogens (tertiary/aromatic N) is 3. The number of aliphatic hydroxyl groups excluding tert-OH is 1. The molecule has 0 bridgehead atoms. The molecule has 3 aromatic rings. The molecule has 0 spiro atoms. The first-order valence-electron chi connectivity index (χ1n) is 13.1. The van der Waals surface area contributed by atoms with Crippen molar-refractivity contribution < 1.29 is 19.4 Å². The molecule has 2 aliphatic rings. The number of halogens is 1. The van der Waals surface area contributed by atoms with Crippen LogP contribution in [0.1, 0.15) is 23.1 Å². The number of methoxy groups -OCH3 is 1. The van der Waals surface area contributed by atoms with Gasteiger partial charge in [0.2, 0.25) is 5.88 Å². The van der Waals surface area contributed by atoms with Gasteiger partial charge >= 0.3 is 0 Å². The van der Waals surface area contributed by atoms with E-state index in [4.69, 9.17) is 21.3 Å². The van der Waals surface area contributed by atoms with Gasteiger partial charge in [-0.05, 0) is 55.0 Å². The average Bonchev–Trinajstić information content (AvgIpc) is 3.43. The molecule has 8 nitrogen and oxygen atoms in total. The van der Waals surface area contributed by atoms with Crippen molar-refractivity contribution in [3.63, 3.8) is 0 Å². The summed E-state index contributed by atoms with van der Waals surface area (Å²) < 4.78 is 5.59. The zero-order valence-corrected chi connectivity index (χ0v) is 23.5. The van der Waals surface area contributed by atoms with Gasteiger partial charge < -0.3 is 20.1 Å². The molecule has 2 N–H and O–H groups in total. The van der Waals surface area contributed by atoms with Crippen molar-refractivity contribution in [1.82, 2.24) is 14.8 Å². The number of aryl methyl sites for hydroxylation is 1. The minimum Gasteiger partial charge on any atom is -0.481 e. The molecule has 0 atom stereocenters. The summed E-state index contributed by atoms with van der Waals surface area (Å²) >= 11 is 7.01. The van der Waals surface area contributed by atoms with Gasteiger partial charge in [0.05, 0.1) is 24.4 Å². The standard InChI is InChI=1S/C31H31ClN4O4/c1-18-21(9-7-13-26(18)33-29(38)25-17-36(14-15-37)19(2)35(3)31(25)39)23-11-6-12-24(28(23)32)27-16-20-8-5-10-22(20)30(34-27)40-4/h6-7,9,11-13,16-17,37H,2,5,8,10,14-15H2,1,3-4H3,(H,33,38). The number of aromatic nitrogens is 1. The number of nitrogens with one attached hydrogen (secondary N) is 1. The van der Waals surface area contributed by atoms with Gasteiger partial charge in [-0.25, -0.2) is 4.98 Å². The predicted octanol–water partition coefficient (Wildman–Crippen LogP) is 4.93. The number of pyridine rings is 1. The highest BCUT2D eigenvalue weighted by Gasteiger charge is 2.31. The van der Waals surface area contributed by atoms with E-state index in [-0.39, 0.29) is 18.7 Å². The number of anilines is 1. The minimum atomic E-state index is -0.554. The lowest BCUT2D eigenvalue weighted by Gasteiger charge is -2.34. The summed E-state index contributed by atoms with van der Waals surface area (Å²) in [7, 11) is 3.18. The smallest absolute Gasteiger partial charge is 0.266 e. The van der Waals surface area contributed by atoms with Crippen molar-refractivity contribution in [2.24, 2.45) is 0 Å². The molecule has 1 aliphatic heterocycles. The number of fused-ring (bicyclic) bond motifs is 1. The topological polar surface area (TPSA) is 95.0 Å². The van der Waals surface area contributed by atoms with Crippen LogP contribution in [0.3, 0.4) is 0 Å². The van der Waals surface area contributed by atoms with Crippen molar-refractivity contribution in [1.29, 1.82) is 0 Å². The quantitative estimate of drug-likeness (QED) is 0.399. The van der Waals surface area contributed by atoms with Crippen LogP contribution in [0.2, 0.25) is 5.02 Å². The van der Waals surface area contributed by atoms with E-state index >= 15 is 0 Å². The van der Waals surface area contributed by atoms with Gasteiger partial charge in [-0.2, -0.15) is 0 Å². The van der Waals surface area contributed by atoms with Crippen molar-refractivity contribution in [3.05, 3.63) is 88.4 Å². The highest BCUT2D eigenvalue weighted by molar-refractivity contribution is 6.36. The van der Waals surface area contributed by atoms with E-state index in [2.05, 4.69) is 18.0 Å². The minimum absolute atomic E-state index is 0.0511. The van der Waals surface area contributed by atoms with Crippen LogP contribution in [0.4, 0.5) is 5.69 Å². The normalized spacial score (nSPS) is 14.8. The fourth-order valence-electron chi connectivity index (χ4n) is 5.28. The van der Waals surface area contributed by atoms with Crippen molar-refractivity contribution in [2.45, 2.75) is 26.2 Å². The number of β-amino-alcohol motifs (C(OH)–C–C–N with tert-alkyl or cyclic N) is 1. The molecule has 1 aromatic heterocycles. The van der Waals surface area contributed by atoms with Gasteiger partial charge in [0, 0.05) is 42.2 Å². The molecule has 206 valence electrons. The van der Waals surface area contributed by atoms with E-state index < -0.39 is 11.8 Å². The second-order valence-electron chi connectivity index (χ2n) is 9.85. The Morgan fingerprint density at radius 1 is 1.18 bits per heavy atom. The van der Waals surface area contributed by atoms with Crippen molar-refractivity contribution >= 4 is 29.1 Å². The molecule has 5 rings (SSSR count). The summed E-state index contributed by atoms with van der Waals surface area (Å²) in [6, 6.07) is 13.5. The predicted molar refractivity (Wildman–Crippen MR) is 156 cm³/mol. The maximum Gasteiger partial charge on any atom is 0.266 e. The van der Waals surface area contributed by atoms with E-state index in [1.807, 2.05) is 37.3 Å². The van der Waals surface area contributed by atoms with Crippen LogP contribution in [0, 0.1) is 6.92 Å². The van der Waals surface area contributed by atoms with Crippen LogP contribution in [0.5, 0.6) is 5.88 Å². The fraction of sp³-hybridized carbons (Fsp3) is 0.258. The Hall–Kier alpha value is -4.14. The molecule has 2 amide bonds. The van der Waals surface area contributed by atoms with Crippen LogP contribution in [-0.2, 0) is 22.4 Å². The number of carbonyl (C=O) groups is 2. The molecule has 9 heteroatoms. The molecular weight excluding hydrogens is 528 g/mol. The van der Waals surface area contributed by atoms with Gasteiger partial charge in [0.25, 0.3) is 11.8 Å². The lowest BCUT2D eigenvalue weighted by atomic mass is 9.96. The third kappa shape index (κ3) is 4.85. The maximum absolute atomic E-state index is 13.2. The Bertz CT molecular complexity index is 1570. The molecule has 40 heavy (non-hydrogen) atoms. The first-order chi connectivity index (χ1) is 19.2. The Morgan fingerprint density at radius 2 is 1.90 bits per heavy atom. The number of likely N-dealkylation sites (N-methyl/N-ethyl adjacent to an activating group) is 1. The third-order valence-electron chi connectivity index (χ3n) is 7.52. The summed E-state index contributed by atoms with van der Waals surface area (Å²) in [6.07, 6.45) is 4.45. The van der Waals surface area contributed by atoms with Crippen LogP contribution in [0.15, 0.2) is 66.6 Å². The monoisotopic (exact) mass is 558 g/mol. The van der Waals surface area contributed by atoms with Crippen LogP contribution < -0.4 is 10.1 Å². The summed E-state index contributed by atoms with van der Waals surface area (Å²) in [5.74, 6) is 0.00447. The second-order valence-corrected chi connectivity index (χ2v) is 10.2. The lowest BCUT2D eigenvalue weighted by molar-refractivity contribution is -0.128. The molecule has 0 fully saturated rings. The highest BCUT2D eigenvalue weighted by atomic mass is 35.5. The summed E-state index contributed by atoms with van der Waals surface area (Å²) in [5.41, 5.74) is 6.89. The van der Waals surface area contributed by atoms with Crippen molar-refractivity contribution in [3.8, 4) is 28.3 Å². The number of rotatable bonds is 7. The molecule has 0 radical (unpaired) electrons. The van der Waals surface area contributed by atoms with Crippen LogP contribution in [0.25, 0.3) is 22.4 Å². The summed E-state index contributed by atoms with van der Waals surface area (Å²) in [4.78, 5) is 33.7. The Labute approximate surface area is 238 Å². The molecule has 0 unspecified atom stereocenters. The first kappa shape index (κ1) is 27.4. The SMILES string of the molecule is C=C1N(CCO)C=C(C(=O)Nc2cccc(-c3cccc(-c4cc5c(c(OC)n4)CCC5)c3Cl)c2C)C(=O)N1C. The molecular formula is C31H31ClN4O4. The Morgan fingerprint density at radius 3 is 2.65 bits per heavy atom. The van der Waals surface area contributed by atoms with Crippen molar-refractivity contribution in [2.75, 3.05) is 32.6 Å². The number of hydrogen-bond acceptors (Lipinski definition) is 6.